The molecule has 100 valence electrons. The number of hydrogen-bond donors (Lipinski definition) is 1. The zero-order valence-electron chi connectivity index (χ0n) is 10.4. The second-order valence-corrected chi connectivity index (χ2v) is 5.77. The number of nitrogens with two attached hydrogens (primary N) is 1. The Labute approximate surface area is 130 Å². The molecule has 0 saturated carbocycles. The minimum atomic E-state index is 0.501. The molecule has 0 radical (unpaired) electrons. The van der Waals surface area contributed by atoms with E-state index in [-0.39, 0.29) is 0 Å². The van der Waals surface area contributed by atoms with Gasteiger partial charge in [0.25, 0.3) is 0 Å². The van der Waals surface area contributed by atoms with Crippen LogP contribution in [0, 0.1) is 0 Å². The molecule has 0 saturated heterocycles. The number of anilines is 1. The molecule has 0 atom stereocenters. The lowest BCUT2D eigenvalue weighted by molar-refractivity contribution is 0.484. The molecular weight excluding hydrogens is 338 g/mol. The molecule has 0 amide bonds. The first-order valence-electron chi connectivity index (χ1n) is 6.04. The monoisotopic (exact) mass is 347 g/mol. The summed E-state index contributed by atoms with van der Waals surface area (Å²) in [6.45, 7) is 0. The molecule has 2 nitrogen and oxygen atoms in total. The van der Waals surface area contributed by atoms with Gasteiger partial charge in [-0.2, -0.15) is 0 Å². The second-order valence-electron chi connectivity index (χ2n) is 4.45. The van der Waals surface area contributed by atoms with E-state index in [0.717, 1.165) is 21.0 Å². The van der Waals surface area contributed by atoms with Gasteiger partial charge in [-0.05, 0) is 53.2 Å². The summed E-state index contributed by atoms with van der Waals surface area (Å²) in [6.07, 6.45) is 0. The van der Waals surface area contributed by atoms with Gasteiger partial charge in [-0.15, -0.1) is 0 Å². The fourth-order valence-corrected chi connectivity index (χ4v) is 2.59. The third-order valence-electron chi connectivity index (χ3n) is 2.96. The van der Waals surface area contributed by atoms with Crippen molar-refractivity contribution in [1.29, 1.82) is 0 Å². The molecule has 0 heterocycles. The number of halogens is 2. The summed E-state index contributed by atoms with van der Waals surface area (Å²) < 4.78 is 6.86. The molecule has 0 spiro atoms. The Morgan fingerprint density at radius 2 is 1.65 bits per heavy atom. The highest BCUT2D eigenvalue weighted by molar-refractivity contribution is 9.10. The van der Waals surface area contributed by atoms with Gasteiger partial charge in [0.05, 0.1) is 5.02 Å². The van der Waals surface area contributed by atoms with Crippen LogP contribution in [0.4, 0.5) is 5.69 Å². The van der Waals surface area contributed by atoms with Gasteiger partial charge in [0, 0.05) is 10.2 Å². The van der Waals surface area contributed by atoms with Gasteiger partial charge in [0.2, 0.25) is 0 Å². The summed E-state index contributed by atoms with van der Waals surface area (Å²) in [6, 6.07) is 17.2. The van der Waals surface area contributed by atoms with Crippen LogP contribution in [-0.2, 0) is 0 Å². The maximum atomic E-state index is 6.11. The number of hydrogen-bond acceptors (Lipinski definition) is 2. The second kappa shape index (κ2) is 5.35. The number of fused-ring (bicyclic) bond motifs is 1. The highest BCUT2D eigenvalue weighted by atomic mass is 79.9. The Kier molecular flexibility index (Phi) is 3.55. The van der Waals surface area contributed by atoms with Crippen LogP contribution in [0.2, 0.25) is 5.02 Å². The van der Waals surface area contributed by atoms with Crippen molar-refractivity contribution in [1.82, 2.24) is 0 Å². The molecular formula is C16H11BrClNO. The number of rotatable bonds is 2. The molecule has 0 aliphatic heterocycles. The van der Waals surface area contributed by atoms with E-state index in [1.165, 1.54) is 0 Å². The van der Waals surface area contributed by atoms with E-state index in [9.17, 15) is 0 Å². The zero-order chi connectivity index (χ0) is 14.1. The first-order valence-corrected chi connectivity index (χ1v) is 7.21. The molecule has 0 aromatic heterocycles. The van der Waals surface area contributed by atoms with E-state index in [0.29, 0.717) is 16.5 Å². The van der Waals surface area contributed by atoms with Crippen LogP contribution in [0.5, 0.6) is 11.5 Å². The lowest BCUT2D eigenvalue weighted by Crippen LogP contribution is -1.88. The average Bonchev–Trinajstić information content (AvgIpc) is 2.42. The Morgan fingerprint density at radius 1 is 0.900 bits per heavy atom. The number of ether oxygens (including phenoxy) is 1. The predicted molar refractivity (Wildman–Crippen MR) is 87.6 cm³/mol. The Hall–Kier alpha value is -1.71. The fraction of sp³-hybridized carbons (Fsp3) is 0. The average molecular weight is 349 g/mol. The van der Waals surface area contributed by atoms with E-state index < -0.39 is 0 Å². The molecule has 2 N–H and O–H groups in total. The molecule has 0 aliphatic carbocycles. The van der Waals surface area contributed by atoms with E-state index >= 15 is 0 Å². The smallest absolute Gasteiger partial charge is 0.146 e. The van der Waals surface area contributed by atoms with Gasteiger partial charge in [-0.3, -0.25) is 0 Å². The molecule has 0 bridgehead atoms. The van der Waals surface area contributed by atoms with Crippen LogP contribution in [-0.4, -0.2) is 0 Å². The molecule has 3 aromatic rings. The van der Waals surface area contributed by atoms with Crippen molar-refractivity contribution in [3.05, 3.63) is 64.1 Å². The zero-order valence-corrected chi connectivity index (χ0v) is 12.8. The van der Waals surface area contributed by atoms with Crippen molar-refractivity contribution in [3.63, 3.8) is 0 Å². The molecule has 0 fully saturated rings. The first kappa shape index (κ1) is 13.3. The molecule has 4 heteroatoms. The van der Waals surface area contributed by atoms with Crippen molar-refractivity contribution in [3.8, 4) is 11.5 Å². The minimum Gasteiger partial charge on any atom is -0.456 e. The maximum absolute atomic E-state index is 6.11. The Morgan fingerprint density at radius 3 is 2.45 bits per heavy atom. The Bertz CT molecular complexity index is 789. The quantitative estimate of drug-likeness (QED) is 0.609. The lowest BCUT2D eigenvalue weighted by atomic mass is 10.1. The molecule has 3 rings (SSSR count). The SMILES string of the molecule is Nc1ccc(Oc2ccc3cc(Br)ccc3c2)c(Cl)c1. The third-order valence-corrected chi connectivity index (χ3v) is 3.75. The van der Waals surface area contributed by atoms with E-state index in [1.54, 1.807) is 18.2 Å². The number of benzene rings is 3. The van der Waals surface area contributed by atoms with Crippen molar-refractivity contribution in [2.24, 2.45) is 0 Å². The van der Waals surface area contributed by atoms with E-state index in [1.807, 2.05) is 30.3 Å². The molecule has 0 unspecified atom stereocenters. The van der Waals surface area contributed by atoms with Gasteiger partial charge in [-0.1, -0.05) is 39.7 Å². The van der Waals surface area contributed by atoms with Crippen molar-refractivity contribution in [2.45, 2.75) is 0 Å². The van der Waals surface area contributed by atoms with Crippen LogP contribution >= 0.6 is 27.5 Å². The third kappa shape index (κ3) is 2.74. The lowest BCUT2D eigenvalue weighted by Gasteiger charge is -2.09. The topological polar surface area (TPSA) is 35.2 Å². The first-order chi connectivity index (χ1) is 9.61. The largest absolute Gasteiger partial charge is 0.456 e. The van der Waals surface area contributed by atoms with Crippen LogP contribution in [0.1, 0.15) is 0 Å². The van der Waals surface area contributed by atoms with Gasteiger partial charge in [0.1, 0.15) is 11.5 Å². The highest BCUT2D eigenvalue weighted by Crippen LogP contribution is 2.32. The number of nitrogen functional groups attached to an aromatic ring is 1. The summed E-state index contributed by atoms with van der Waals surface area (Å²) in [5, 5.41) is 2.76. The van der Waals surface area contributed by atoms with Crippen LogP contribution < -0.4 is 10.5 Å². The maximum Gasteiger partial charge on any atom is 0.146 e. The molecule has 20 heavy (non-hydrogen) atoms. The van der Waals surface area contributed by atoms with Crippen LogP contribution in [0.3, 0.4) is 0 Å². The standard InChI is InChI=1S/C16H11BrClNO/c17-12-3-1-11-8-14(5-2-10(11)7-12)20-16-6-4-13(19)9-15(16)18/h1-9H,19H2. The van der Waals surface area contributed by atoms with Crippen molar-refractivity contribution in [2.75, 3.05) is 5.73 Å². The van der Waals surface area contributed by atoms with Gasteiger partial charge >= 0.3 is 0 Å². The summed E-state index contributed by atoms with van der Waals surface area (Å²) in [7, 11) is 0. The summed E-state index contributed by atoms with van der Waals surface area (Å²) in [5.74, 6) is 1.34. The predicted octanol–water partition coefficient (Wildman–Crippen LogP) is 5.63. The fourth-order valence-electron chi connectivity index (χ4n) is 1.98. The highest BCUT2D eigenvalue weighted by Gasteiger charge is 2.04. The normalized spacial score (nSPS) is 10.7. The van der Waals surface area contributed by atoms with Crippen LogP contribution in [0.25, 0.3) is 10.8 Å². The van der Waals surface area contributed by atoms with E-state index in [2.05, 4.69) is 22.0 Å². The molecule has 0 aliphatic rings. The Balaban J connectivity index is 1.96. The summed E-state index contributed by atoms with van der Waals surface area (Å²) in [4.78, 5) is 0. The van der Waals surface area contributed by atoms with Crippen molar-refractivity contribution < 1.29 is 4.74 Å². The van der Waals surface area contributed by atoms with Gasteiger partial charge in [-0.25, -0.2) is 0 Å². The van der Waals surface area contributed by atoms with Crippen LogP contribution in [0.15, 0.2) is 59.1 Å². The van der Waals surface area contributed by atoms with Crippen molar-refractivity contribution >= 4 is 44.0 Å². The summed E-state index contributed by atoms with van der Waals surface area (Å²) >= 11 is 9.57. The van der Waals surface area contributed by atoms with Gasteiger partial charge < -0.3 is 10.5 Å². The minimum absolute atomic E-state index is 0.501. The van der Waals surface area contributed by atoms with Gasteiger partial charge in [0.15, 0.2) is 0 Å². The van der Waals surface area contributed by atoms with E-state index in [4.69, 9.17) is 22.1 Å². The molecule has 3 aromatic carbocycles. The summed E-state index contributed by atoms with van der Waals surface area (Å²) in [5.41, 5.74) is 6.28.